The molecule has 1 aromatic rings. The first-order valence-corrected chi connectivity index (χ1v) is 5.61. The SMILES string of the molecule is CCCC(NC(=O)c1ccc(=O)[nH]n1)C(N)=S. The number of nitrogens with two attached hydrogens (primary N) is 1. The Bertz CT molecular complexity index is 451. The number of carbonyl (C=O) groups excluding carboxylic acids is 1. The van der Waals surface area contributed by atoms with Crippen LogP contribution in [0.2, 0.25) is 0 Å². The lowest BCUT2D eigenvalue weighted by atomic mass is 10.1. The Balaban J connectivity index is 2.73. The fourth-order valence-corrected chi connectivity index (χ4v) is 1.45. The predicted molar refractivity (Wildman–Crippen MR) is 67.8 cm³/mol. The Labute approximate surface area is 104 Å². The van der Waals surface area contributed by atoms with E-state index in [0.717, 1.165) is 6.42 Å². The van der Waals surface area contributed by atoms with E-state index in [1.165, 1.54) is 12.1 Å². The first-order chi connectivity index (χ1) is 8.04. The van der Waals surface area contributed by atoms with Gasteiger partial charge in [-0.3, -0.25) is 9.59 Å². The molecule has 0 aliphatic heterocycles. The fraction of sp³-hybridized carbons (Fsp3) is 0.400. The molecule has 0 saturated carbocycles. The van der Waals surface area contributed by atoms with Crippen LogP contribution in [0.3, 0.4) is 0 Å². The van der Waals surface area contributed by atoms with Crippen molar-refractivity contribution in [1.82, 2.24) is 15.5 Å². The summed E-state index contributed by atoms with van der Waals surface area (Å²) in [7, 11) is 0. The second kappa shape index (κ2) is 6.09. The number of hydrogen-bond donors (Lipinski definition) is 3. The number of rotatable bonds is 5. The molecule has 0 bridgehead atoms. The van der Waals surface area contributed by atoms with Gasteiger partial charge in [-0.15, -0.1) is 0 Å². The molecule has 1 atom stereocenters. The number of aromatic nitrogens is 2. The molecule has 1 aromatic heterocycles. The number of nitrogens with one attached hydrogen (secondary N) is 2. The minimum atomic E-state index is -0.410. The standard InChI is InChI=1S/C10H14N4O2S/c1-2-3-6(9(11)17)12-10(16)7-4-5-8(15)14-13-7/h4-6H,2-3H2,1H3,(H2,11,17)(H,12,16)(H,14,15). The summed E-state index contributed by atoms with van der Waals surface area (Å²) in [4.78, 5) is 22.8. The van der Waals surface area contributed by atoms with Crippen LogP contribution >= 0.6 is 12.2 Å². The lowest BCUT2D eigenvalue weighted by Crippen LogP contribution is -2.43. The molecule has 1 unspecified atom stereocenters. The molecule has 0 aliphatic carbocycles. The van der Waals surface area contributed by atoms with Crippen molar-refractivity contribution in [3.63, 3.8) is 0 Å². The van der Waals surface area contributed by atoms with Gasteiger partial charge in [0.2, 0.25) is 0 Å². The molecule has 0 aliphatic rings. The first-order valence-electron chi connectivity index (χ1n) is 5.20. The molecule has 17 heavy (non-hydrogen) atoms. The summed E-state index contributed by atoms with van der Waals surface area (Å²) < 4.78 is 0. The molecule has 1 rings (SSSR count). The van der Waals surface area contributed by atoms with Crippen molar-refractivity contribution in [2.45, 2.75) is 25.8 Å². The number of carbonyl (C=O) groups is 1. The summed E-state index contributed by atoms with van der Waals surface area (Å²) in [6.07, 6.45) is 1.52. The van der Waals surface area contributed by atoms with E-state index < -0.39 is 5.91 Å². The molecule has 1 amide bonds. The van der Waals surface area contributed by atoms with Gasteiger partial charge in [0, 0.05) is 6.07 Å². The Kier molecular flexibility index (Phi) is 4.77. The maximum atomic E-state index is 11.7. The summed E-state index contributed by atoms with van der Waals surface area (Å²) in [5.41, 5.74) is 5.28. The average molecular weight is 254 g/mol. The van der Waals surface area contributed by atoms with E-state index in [0.29, 0.717) is 6.42 Å². The van der Waals surface area contributed by atoms with Gasteiger partial charge in [0.15, 0.2) is 0 Å². The van der Waals surface area contributed by atoms with Crippen LogP contribution in [-0.4, -0.2) is 27.1 Å². The molecule has 92 valence electrons. The first kappa shape index (κ1) is 13.3. The summed E-state index contributed by atoms with van der Waals surface area (Å²) in [5.74, 6) is -0.410. The molecule has 0 saturated heterocycles. The van der Waals surface area contributed by atoms with Crippen LogP contribution in [-0.2, 0) is 0 Å². The van der Waals surface area contributed by atoms with Crippen molar-refractivity contribution in [2.24, 2.45) is 5.73 Å². The largest absolute Gasteiger partial charge is 0.392 e. The molecular formula is C10H14N4O2S. The zero-order valence-corrected chi connectivity index (χ0v) is 10.2. The van der Waals surface area contributed by atoms with Crippen molar-refractivity contribution >= 4 is 23.1 Å². The van der Waals surface area contributed by atoms with Gasteiger partial charge in [0.05, 0.1) is 11.0 Å². The highest BCUT2D eigenvalue weighted by atomic mass is 32.1. The van der Waals surface area contributed by atoms with Crippen LogP contribution in [0.4, 0.5) is 0 Å². The van der Waals surface area contributed by atoms with E-state index in [1.54, 1.807) is 0 Å². The zero-order valence-electron chi connectivity index (χ0n) is 9.40. The normalized spacial score (nSPS) is 11.8. The molecule has 6 nitrogen and oxygen atoms in total. The third-order valence-electron chi connectivity index (χ3n) is 2.14. The van der Waals surface area contributed by atoms with Gasteiger partial charge < -0.3 is 11.1 Å². The summed E-state index contributed by atoms with van der Waals surface area (Å²) in [5, 5.41) is 8.47. The third-order valence-corrected chi connectivity index (χ3v) is 2.42. The second-order valence-corrected chi connectivity index (χ2v) is 3.99. The predicted octanol–water partition coefficient (Wildman–Crippen LogP) is -0.0455. The minimum absolute atomic E-state index is 0.127. The summed E-state index contributed by atoms with van der Waals surface area (Å²) >= 11 is 4.86. The maximum Gasteiger partial charge on any atom is 0.272 e. The van der Waals surface area contributed by atoms with Crippen molar-refractivity contribution in [3.8, 4) is 0 Å². The highest BCUT2D eigenvalue weighted by Gasteiger charge is 2.16. The fourth-order valence-electron chi connectivity index (χ4n) is 1.28. The lowest BCUT2D eigenvalue weighted by molar-refractivity contribution is 0.0939. The van der Waals surface area contributed by atoms with Gasteiger partial charge in [-0.1, -0.05) is 25.6 Å². The topological polar surface area (TPSA) is 101 Å². The van der Waals surface area contributed by atoms with E-state index in [2.05, 4.69) is 15.5 Å². The van der Waals surface area contributed by atoms with Crippen LogP contribution in [0.1, 0.15) is 30.3 Å². The Hall–Kier alpha value is -1.76. The van der Waals surface area contributed by atoms with Gasteiger partial charge in [-0.25, -0.2) is 5.10 Å². The number of thiocarbonyl (C=S) groups is 1. The third kappa shape index (κ3) is 3.95. The zero-order chi connectivity index (χ0) is 12.8. The number of aromatic amines is 1. The van der Waals surface area contributed by atoms with Crippen LogP contribution in [0.5, 0.6) is 0 Å². The van der Waals surface area contributed by atoms with Gasteiger partial charge in [0.25, 0.3) is 11.5 Å². The smallest absolute Gasteiger partial charge is 0.272 e. The quantitative estimate of drug-likeness (QED) is 0.640. The van der Waals surface area contributed by atoms with Crippen LogP contribution in [0.25, 0.3) is 0 Å². The van der Waals surface area contributed by atoms with Crippen LogP contribution in [0.15, 0.2) is 16.9 Å². The monoisotopic (exact) mass is 254 g/mol. The van der Waals surface area contributed by atoms with Crippen LogP contribution in [0, 0.1) is 0 Å². The van der Waals surface area contributed by atoms with E-state index in [9.17, 15) is 9.59 Å². The van der Waals surface area contributed by atoms with Crippen molar-refractivity contribution in [2.75, 3.05) is 0 Å². The van der Waals surface area contributed by atoms with E-state index in [4.69, 9.17) is 18.0 Å². The van der Waals surface area contributed by atoms with Crippen molar-refractivity contribution in [1.29, 1.82) is 0 Å². The second-order valence-electron chi connectivity index (χ2n) is 3.52. The van der Waals surface area contributed by atoms with Crippen molar-refractivity contribution < 1.29 is 4.79 Å². The Morgan fingerprint density at radius 3 is 2.82 bits per heavy atom. The van der Waals surface area contributed by atoms with Crippen molar-refractivity contribution in [3.05, 3.63) is 28.2 Å². The van der Waals surface area contributed by atoms with E-state index in [-0.39, 0.29) is 22.3 Å². The molecule has 0 aromatic carbocycles. The maximum absolute atomic E-state index is 11.7. The van der Waals surface area contributed by atoms with E-state index >= 15 is 0 Å². The highest BCUT2D eigenvalue weighted by Crippen LogP contribution is 1.99. The minimum Gasteiger partial charge on any atom is -0.392 e. The lowest BCUT2D eigenvalue weighted by Gasteiger charge is -2.15. The Morgan fingerprint density at radius 1 is 1.65 bits per heavy atom. The van der Waals surface area contributed by atoms with E-state index in [1.807, 2.05) is 6.92 Å². The molecule has 0 spiro atoms. The molecular weight excluding hydrogens is 240 g/mol. The Morgan fingerprint density at radius 2 is 2.35 bits per heavy atom. The van der Waals surface area contributed by atoms with Gasteiger partial charge in [0.1, 0.15) is 5.69 Å². The van der Waals surface area contributed by atoms with Crippen LogP contribution < -0.4 is 16.6 Å². The molecule has 0 radical (unpaired) electrons. The molecule has 7 heteroatoms. The molecule has 1 heterocycles. The number of hydrogen-bond acceptors (Lipinski definition) is 4. The highest BCUT2D eigenvalue weighted by molar-refractivity contribution is 7.80. The van der Waals surface area contributed by atoms with Gasteiger partial charge >= 0.3 is 0 Å². The summed E-state index contributed by atoms with van der Waals surface area (Å²) in [6.45, 7) is 1.97. The number of nitrogens with zero attached hydrogens (tertiary/aromatic N) is 1. The average Bonchev–Trinajstić information content (AvgIpc) is 2.29. The number of amides is 1. The molecule has 4 N–H and O–H groups in total. The number of H-pyrrole nitrogens is 1. The summed E-state index contributed by atoms with van der Waals surface area (Å²) in [6, 6.07) is 2.23. The van der Waals surface area contributed by atoms with Gasteiger partial charge in [-0.05, 0) is 12.5 Å². The van der Waals surface area contributed by atoms with Gasteiger partial charge in [-0.2, -0.15) is 5.10 Å². The molecule has 0 fully saturated rings.